The molecule has 1 aromatic heterocycles. The van der Waals surface area contributed by atoms with Gasteiger partial charge in [0.05, 0.1) is 10.9 Å². The number of carbonyl (C=O) groups is 1. The van der Waals surface area contributed by atoms with Gasteiger partial charge in [-0.3, -0.25) is 4.79 Å². The second-order valence-electron chi connectivity index (χ2n) is 5.79. The van der Waals surface area contributed by atoms with Crippen molar-refractivity contribution in [2.75, 3.05) is 19.6 Å². The summed E-state index contributed by atoms with van der Waals surface area (Å²) in [6.07, 6.45) is -0.650. The molecule has 1 aromatic carbocycles. The van der Waals surface area contributed by atoms with Crippen LogP contribution in [0.1, 0.15) is 40.8 Å². The maximum absolute atomic E-state index is 11.8. The summed E-state index contributed by atoms with van der Waals surface area (Å²) < 4.78 is 0.653. The smallest absolute Gasteiger partial charge is 0.251 e. The van der Waals surface area contributed by atoms with Crippen LogP contribution in [0.4, 0.5) is 0 Å². The normalized spacial score (nSPS) is 12.5. The number of aliphatic hydroxyl groups is 1. The zero-order valence-corrected chi connectivity index (χ0v) is 17.0. The SMILES string of the molecule is CCNC(=O)c1ccc(CN=C(NCC)NCC(O)c2ccc(Cl)s2)cc1. The monoisotopic (exact) mass is 408 g/mol. The van der Waals surface area contributed by atoms with Gasteiger partial charge in [0.2, 0.25) is 0 Å². The Hall–Kier alpha value is -2.09. The molecule has 146 valence electrons. The number of rotatable bonds is 8. The van der Waals surface area contributed by atoms with E-state index in [9.17, 15) is 9.90 Å². The number of hydrogen-bond donors (Lipinski definition) is 4. The third-order valence-corrected chi connectivity index (χ3v) is 5.04. The van der Waals surface area contributed by atoms with E-state index in [0.717, 1.165) is 10.4 Å². The topological polar surface area (TPSA) is 85.8 Å². The molecular formula is C19H25ClN4O2S. The fourth-order valence-electron chi connectivity index (χ4n) is 2.34. The van der Waals surface area contributed by atoms with E-state index in [0.29, 0.717) is 42.0 Å². The standard InChI is InChI=1S/C19H25ClN4O2S/c1-3-21-18(26)14-7-5-13(6-8-14)11-23-19(22-4-2)24-12-15(25)16-9-10-17(20)27-16/h5-10,15,25H,3-4,11-12H2,1-2H3,(H,21,26)(H2,22,23,24). The first-order valence-electron chi connectivity index (χ1n) is 8.86. The Kier molecular flexibility index (Phi) is 8.57. The van der Waals surface area contributed by atoms with Crippen molar-refractivity contribution >= 4 is 34.8 Å². The molecule has 4 N–H and O–H groups in total. The van der Waals surface area contributed by atoms with Crippen molar-refractivity contribution in [3.05, 3.63) is 56.7 Å². The number of nitrogens with zero attached hydrogens (tertiary/aromatic N) is 1. The van der Waals surface area contributed by atoms with Gasteiger partial charge in [0, 0.05) is 30.1 Å². The van der Waals surface area contributed by atoms with Gasteiger partial charge in [-0.05, 0) is 43.7 Å². The molecule has 1 atom stereocenters. The van der Waals surface area contributed by atoms with E-state index in [1.807, 2.05) is 32.0 Å². The van der Waals surface area contributed by atoms with Gasteiger partial charge in [-0.2, -0.15) is 0 Å². The molecule has 0 saturated heterocycles. The van der Waals surface area contributed by atoms with Crippen LogP contribution >= 0.6 is 22.9 Å². The molecule has 0 bridgehead atoms. The minimum absolute atomic E-state index is 0.0785. The fourth-order valence-corrected chi connectivity index (χ4v) is 3.38. The average Bonchev–Trinajstić information content (AvgIpc) is 3.11. The van der Waals surface area contributed by atoms with E-state index in [4.69, 9.17) is 11.6 Å². The first-order valence-corrected chi connectivity index (χ1v) is 10.1. The molecular weight excluding hydrogens is 384 g/mol. The Morgan fingerprint density at radius 2 is 1.81 bits per heavy atom. The van der Waals surface area contributed by atoms with Gasteiger partial charge < -0.3 is 21.1 Å². The first kappa shape index (κ1) is 21.2. The molecule has 0 spiro atoms. The van der Waals surface area contributed by atoms with Crippen molar-refractivity contribution < 1.29 is 9.90 Å². The number of halogens is 1. The molecule has 0 aliphatic heterocycles. The average molecular weight is 409 g/mol. The van der Waals surface area contributed by atoms with Crippen molar-refractivity contribution in [1.29, 1.82) is 0 Å². The van der Waals surface area contributed by atoms with Crippen molar-refractivity contribution in [3.63, 3.8) is 0 Å². The summed E-state index contributed by atoms with van der Waals surface area (Å²) in [6, 6.07) is 11.0. The number of carbonyl (C=O) groups excluding carboxylic acids is 1. The summed E-state index contributed by atoms with van der Waals surface area (Å²) in [5, 5.41) is 19.3. The van der Waals surface area contributed by atoms with Gasteiger partial charge in [0.15, 0.2) is 5.96 Å². The van der Waals surface area contributed by atoms with Gasteiger partial charge in [0.25, 0.3) is 5.91 Å². The Labute approximate surface area is 168 Å². The lowest BCUT2D eigenvalue weighted by atomic mass is 10.1. The molecule has 0 saturated carbocycles. The zero-order valence-electron chi connectivity index (χ0n) is 15.5. The van der Waals surface area contributed by atoms with Gasteiger partial charge in [-0.1, -0.05) is 23.7 Å². The Morgan fingerprint density at radius 3 is 2.41 bits per heavy atom. The molecule has 1 amide bonds. The third-order valence-electron chi connectivity index (χ3n) is 3.70. The van der Waals surface area contributed by atoms with Crippen LogP contribution in [0, 0.1) is 0 Å². The second-order valence-corrected chi connectivity index (χ2v) is 7.54. The Balaban J connectivity index is 1.93. The van der Waals surface area contributed by atoms with Crippen molar-refractivity contribution in [1.82, 2.24) is 16.0 Å². The number of benzene rings is 1. The number of hydrogen-bond acceptors (Lipinski definition) is 4. The molecule has 8 heteroatoms. The molecule has 2 rings (SSSR count). The van der Waals surface area contributed by atoms with Crippen LogP contribution in [-0.2, 0) is 6.54 Å². The highest BCUT2D eigenvalue weighted by Gasteiger charge is 2.11. The van der Waals surface area contributed by atoms with E-state index in [1.165, 1.54) is 11.3 Å². The molecule has 0 aliphatic carbocycles. The van der Waals surface area contributed by atoms with Crippen LogP contribution in [-0.4, -0.2) is 36.6 Å². The number of aliphatic hydroxyl groups excluding tert-OH is 1. The minimum Gasteiger partial charge on any atom is -0.386 e. The van der Waals surface area contributed by atoms with E-state index < -0.39 is 6.10 Å². The lowest BCUT2D eigenvalue weighted by molar-refractivity contribution is 0.0956. The number of aliphatic imine (C=N–C) groups is 1. The lowest BCUT2D eigenvalue weighted by Gasteiger charge is -2.14. The summed E-state index contributed by atoms with van der Waals surface area (Å²) >= 11 is 7.27. The first-order chi connectivity index (χ1) is 13.0. The number of thiophene rings is 1. The number of amides is 1. The van der Waals surface area contributed by atoms with Crippen LogP contribution in [0.5, 0.6) is 0 Å². The zero-order chi connectivity index (χ0) is 19.6. The van der Waals surface area contributed by atoms with Gasteiger partial charge in [-0.25, -0.2) is 4.99 Å². The molecule has 0 fully saturated rings. The highest BCUT2D eigenvalue weighted by molar-refractivity contribution is 7.16. The Bertz CT molecular complexity index is 761. The van der Waals surface area contributed by atoms with E-state index in [1.54, 1.807) is 18.2 Å². The Morgan fingerprint density at radius 1 is 1.11 bits per heavy atom. The van der Waals surface area contributed by atoms with Crippen molar-refractivity contribution in [2.24, 2.45) is 4.99 Å². The van der Waals surface area contributed by atoms with Crippen molar-refractivity contribution in [2.45, 2.75) is 26.5 Å². The van der Waals surface area contributed by atoms with Crippen LogP contribution in [0.25, 0.3) is 0 Å². The second kappa shape index (κ2) is 10.9. The van der Waals surface area contributed by atoms with E-state index in [2.05, 4.69) is 20.9 Å². The summed E-state index contributed by atoms with van der Waals surface area (Å²) in [5.74, 6) is 0.539. The summed E-state index contributed by atoms with van der Waals surface area (Å²) in [5.41, 5.74) is 1.62. The molecule has 6 nitrogen and oxygen atoms in total. The minimum atomic E-state index is -0.650. The molecule has 2 aromatic rings. The lowest BCUT2D eigenvalue weighted by Crippen LogP contribution is -2.39. The predicted octanol–water partition coefficient (Wildman–Crippen LogP) is 2.94. The summed E-state index contributed by atoms with van der Waals surface area (Å²) in [4.78, 5) is 17.1. The maximum atomic E-state index is 11.8. The quantitative estimate of drug-likeness (QED) is 0.399. The third kappa shape index (κ3) is 6.86. The van der Waals surface area contributed by atoms with Gasteiger partial charge in [0.1, 0.15) is 6.10 Å². The van der Waals surface area contributed by atoms with E-state index in [-0.39, 0.29) is 5.91 Å². The maximum Gasteiger partial charge on any atom is 0.251 e. The summed E-state index contributed by atoms with van der Waals surface area (Å²) in [6.45, 7) is 5.98. The number of nitrogens with one attached hydrogen (secondary N) is 3. The number of guanidine groups is 1. The fraction of sp³-hybridized carbons (Fsp3) is 0.368. The van der Waals surface area contributed by atoms with E-state index >= 15 is 0 Å². The van der Waals surface area contributed by atoms with Crippen LogP contribution in [0.15, 0.2) is 41.4 Å². The molecule has 0 radical (unpaired) electrons. The van der Waals surface area contributed by atoms with Crippen LogP contribution in [0.2, 0.25) is 4.34 Å². The largest absolute Gasteiger partial charge is 0.386 e. The molecule has 1 unspecified atom stereocenters. The highest BCUT2D eigenvalue weighted by Crippen LogP contribution is 2.26. The van der Waals surface area contributed by atoms with Crippen LogP contribution < -0.4 is 16.0 Å². The molecule has 27 heavy (non-hydrogen) atoms. The van der Waals surface area contributed by atoms with Gasteiger partial charge in [-0.15, -0.1) is 11.3 Å². The van der Waals surface area contributed by atoms with Crippen LogP contribution in [0.3, 0.4) is 0 Å². The summed E-state index contributed by atoms with van der Waals surface area (Å²) in [7, 11) is 0. The predicted molar refractivity (Wildman–Crippen MR) is 112 cm³/mol. The van der Waals surface area contributed by atoms with Crippen molar-refractivity contribution in [3.8, 4) is 0 Å². The molecule has 0 aliphatic rings. The molecule has 1 heterocycles. The highest BCUT2D eigenvalue weighted by atomic mass is 35.5. The van der Waals surface area contributed by atoms with Gasteiger partial charge >= 0.3 is 0 Å².